The van der Waals surface area contributed by atoms with Crippen molar-refractivity contribution in [2.75, 3.05) is 11.9 Å². The van der Waals surface area contributed by atoms with E-state index >= 15 is 0 Å². The summed E-state index contributed by atoms with van der Waals surface area (Å²) in [6, 6.07) is 19.5. The first-order valence-corrected chi connectivity index (χ1v) is 8.38. The van der Waals surface area contributed by atoms with E-state index in [1.807, 2.05) is 66.7 Å². The van der Waals surface area contributed by atoms with Gasteiger partial charge in [0.15, 0.2) is 0 Å². The largest absolute Gasteiger partial charge is 0.457 e. The minimum Gasteiger partial charge on any atom is -0.457 e. The summed E-state index contributed by atoms with van der Waals surface area (Å²) in [6.45, 7) is 0. The van der Waals surface area contributed by atoms with Crippen LogP contribution in [0.25, 0.3) is 23.0 Å². The molecule has 0 fully saturated rings. The number of anilines is 1. The van der Waals surface area contributed by atoms with Crippen molar-refractivity contribution in [1.29, 1.82) is 0 Å². The van der Waals surface area contributed by atoms with Gasteiger partial charge in [-0.3, -0.25) is 4.79 Å². The molecular formula is C20H14BrNO2. The van der Waals surface area contributed by atoms with Crippen molar-refractivity contribution in [3.05, 3.63) is 76.5 Å². The lowest BCUT2D eigenvalue weighted by molar-refractivity contribution is -0.112. The molecule has 0 atom stereocenters. The third-order valence-corrected chi connectivity index (χ3v) is 4.66. The summed E-state index contributed by atoms with van der Waals surface area (Å²) in [7, 11) is 1.79. The van der Waals surface area contributed by atoms with Crippen LogP contribution in [0.5, 0.6) is 0 Å². The fourth-order valence-corrected chi connectivity index (χ4v) is 3.14. The molecule has 0 saturated carbocycles. The van der Waals surface area contributed by atoms with Crippen molar-refractivity contribution in [2.24, 2.45) is 0 Å². The van der Waals surface area contributed by atoms with Crippen LogP contribution in [0.1, 0.15) is 11.3 Å². The van der Waals surface area contributed by atoms with Crippen molar-refractivity contribution in [2.45, 2.75) is 0 Å². The maximum atomic E-state index is 12.5. The lowest BCUT2D eigenvalue weighted by Crippen LogP contribution is -2.20. The molecule has 3 aromatic rings. The Morgan fingerprint density at radius 3 is 2.54 bits per heavy atom. The predicted molar refractivity (Wildman–Crippen MR) is 99.6 cm³/mol. The second-order valence-corrected chi connectivity index (χ2v) is 6.56. The number of carbonyl (C=O) groups is 1. The second-order valence-electron chi connectivity index (χ2n) is 5.65. The number of fused-ring (bicyclic) bond motifs is 1. The lowest BCUT2D eigenvalue weighted by Gasteiger charge is -2.07. The topological polar surface area (TPSA) is 33.5 Å². The molecule has 24 heavy (non-hydrogen) atoms. The standard InChI is InChI=1S/C20H14BrNO2/c1-22-18-5-3-2-4-16(18)17(20(22)23)12-15-10-11-19(24-15)13-6-8-14(21)9-7-13/h2-12H,1H3/b17-12+. The molecule has 0 spiro atoms. The van der Waals surface area contributed by atoms with Crippen LogP contribution in [0.4, 0.5) is 5.69 Å². The van der Waals surface area contributed by atoms with Crippen LogP contribution in [0, 0.1) is 0 Å². The molecule has 0 saturated heterocycles. The van der Waals surface area contributed by atoms with E-state index in [1.165, 1.54) is 0 Å². The molecule has 0 unspecified atom stereocenters. The first-order chi connectivity index (χ1) is 11.6. The maximum absolute atomic E-state index is 12.5. The van der Waals surface area contributed by atoms with Gasteiger partial charge in [-0.25, -0.2) is 0 Å². The molecule has 4 rings (SSSR count). The normalized spacial score (nSPS) is 15.2. The number of rotatable bonds is 2. The Labute approximate surface area is 148 Å². The van der Waals surface area contributed by atoms with E-state index < -0.39 is 0 Å². The summed E-state index contributed by atoms with van der Waals surface area (Å²) in [4.78, 5) is 14.2. The average molecular weight is 380 g/mol. The van der Waals surface area contributed by atoms with Crippen molar-refractivity contribution in [3.8, 4) is 11.3 Å². The molecule has 0 radical (unpaired) electrons. The van der Waals surface area contributed by atoms with Gasteiger partial charge in [0.1, 0.15) is 11.5 Å². The van der Waals surface area contributed by atoms with E-state index in [2.05, 4.69) is 15.9 Å². The van der Waals surface area contributed by atoms with Gasteiger partial charge >= 0.3 is 0 Å². The Balaban J connectivity index is 1.72. The zero-order valence-electron chi connectivity index (χ0n) is 13.0. The Bertz CT molecular complexity index is 954. The molecule has 0 aliphatic carbocycles. The molecule has 0 bridgehead atoms. The number of hydrogen-bond acceptors (Lipinski definition) is 2. The van der Waals surface area contributed by atoms with Crippen LogP contribution >= 0.6 is 15.9 Å². The number of furan rings is 1. The Hall–Kier alpha value is -2.59. The van der Waals surface area contributed by atoms with Crippen LogP contribution in [-0.2, 0) is 4.79 Å². The summed E-state index contributed by atoms with van der Waals surface area (Å²) in [5.74, 6) is 1.43. The van der Waals surface area contributed by atoms with Crippen LogP contribution in [0.15, 0.2) is 69.6 Å². The fraction of sp³-hybridized carbons (Fsp3) is 0.0500. The molecule has 2 heterocycles. The Kier molecular flexibility index (Phi) is 3.62. The first-order valence-electron chi connectivity index (χ1n) is 7.58. The van der Waals surface area contributed by atoms with Crippen molar-refractivity contribution in [1.82, 2.24) is 0 Å². The maximum Gasteiger partial charge on any atom is 0.258 e. The zero-order chi connectivity index (χ0) is 16.7. The number of benzene rings is 2. The van der Waals surface area contributed by atoms with Gasteiger partial charge in [0.25, 0.3) is 5.91 Å². The van der Waals surface area contributed by atoms with Gasteiger partial charge in [-0.2, -0.15) is 0 Å². The monoisotopic (exact) mass is 379 g/mol. The van der Waals surface area contributed by atoms with E-state index in [0.717, 1.165) is 27.0 Å². The van der Waals surface area contributed by atoms with E-state index in [9.17, 15) is 4.79 Å². The third kappa shape index (κ3) is 2.49. The second kappa shape index (κ2) is 5.80. The zero-order valence-corrected chi connectivity index (χ0v) is 14.6. The summed E-state index contributed by atoms with van der Waals surface area (Å²) < 4.78 is 6.93. The number of hydrogen-bond donors (Lipinski definition) is 0. The number of nitrogens with zero attached hydrogens (tertiary/aromatic N) is 1. The van der Waals surface area contributed by atoms with Gasteiger partial charge in [-0.1, -0.05) is 46.3 Å². The Morgan fingerprint density at radius 1 is 1.00 bits per heavy atom. The number of amides is 1. The molecule has 118 valence electrons. The van der Waals surface area contributed by atoms with Gasteiger partial charge in [0, 0.05) is 22.6 Å². The fourth-order valence-electron chi connectivity index (χ4n) is 2.88. The average Bonchev–Trinajstić information content (AvgIpc) is 3.16. The summed E-state index contributed by atoms with van der Waals surface area (Å²) in [6.07, 6.45) is 1.81. The predicted octanol–water partition coefficient (Wildman–Crippen LogP) is 5.23. The van der Waals surface area contributed by atoms with E-state index in [4.69, 9.17) is 4.42 Å². The molecule has 1 aliphatic rings. The molecule has 0 N–H and O–H groups in total. The van der Waals surface area contributed by atoms with Gasteiger partial charge in [0.05, 0.1) is 11.3 Å². The molecule has 1 amide bonds. The van der Waals surface area contributed by atoms with Crippen LogP contribution in [-0.4, -0.2) is 13.0 Å². The van der Waals surface area contributed by atoms with Gasteiger partial charge in [-0.15, -0.1) is 0 Å². The van der Waals surface area contributed by atoms with E-state index in [-0.39, 0.29) is 5.91 Å². The molecule has 4 heteroatoms. The van der Waals surface area contributed by atoms with Crippen molar-refractivity contribution >= 4 is 39.2 Å². The number of para-hydroxylation sites is 1. The summed E-state index contributed by atoms with van der Waals surface area (Å²) in [5.41, 5.74) is 3.52. The molecule has 1 aromatic heterocycles. The van der Waals surface area contributed by atoms with Gasteiger partial charge < -0.3 is 9.32 Å². The molecule has 1 aliphatic heterocycles. The Morgan fingerprint density at radius 2 is 1.75 bits per heavy atom. The minimum atomic E-state index is -0.0159. The van der Waals surface area contributed by atoms with E-state index in [1.54, 1.807) is 11.9 Å². The quantitative estimate of drug-likeness (QED) is 0.571. The minimum absolute atomic E-state index is 0.0159. The highest BCUT2D eigenvalue weighted by molar-refractivity contribution is 9.10. The molecule has 2 aromatic carbocycles. The summed E-state index contributed by atoms with van der Waals surface area (Å²) in [5, 5.41) is 0. The molecule has 3 nitrogen and oxygen atoms in total. The summed E-state index contributed by atoms with van der Waals surface area (Å²) >= 11 is 3.43. The first kappa shape index (κ1) is 15.0. The van der Waals surface area contributed by atoms with Crippen molar-refractivity contribution < 1.29 is 9.21 Å². The van der Waals surface area contributed by atoms with Crippen molar-refractivity contribution in [3.63, 3.8) is 0 Å². The SMILES string of the molecule is CN1C(=O)/C(=C/c2ccc(-c3ccc(Br)cc3)o2)c2ccccc21. The van der Waals surface area contributed by atoms with E-state index in [0.29, 0.717) is 11.3 Å². The smallest absolute Gasteiger partial charge is 0.258 e. The van der Waals surface area contributed by atoms with Crippen LogP contribution in [0.2, 0.25) is 0 Å². The number of halogens is 1. The highest BCUT2D eigenvalue weighted by Crippen LogP contribution is 2.37. The number of likely N-dealkylation sites (N-methyl/N-ethyl adjacent to an activating group) is 1. The number of carbonyl (C=O) groups excluding carboxylic acids is 1. The lowest BCUT2D eigenvalue weighted by atomic mass is 10.1. The highest BCUT2D eigenvalue weighted by Gasteiger charge is 2.29. The van der Waals surface area contributed by atoms with Gasteiger partial charge in [0.2, 0.25) is 0 Å². The molecular weight excluding hydrogens is 366 g/mol. The van der Waals surface area contributed by atoms with Gasteiger partial charge in [-0.05, 0) is 36.4 Å². The highest BCUT2D eigenvalue weighted by atomic mass is 79.9. The van der Waals surface area contributed by atoms with Crippen LogP contribution < -0.4 is 4.90 Å². The third-order valence-electron chi connectivity index (χ3n) is 4.13. The van der Waals surface area contributed by atoms with Crippen LogP contribution in [0.3, 0.4) is 0 Å².